The molecule has 0 aromatic carbocycles. The molecule has 0 radical (unpaired) electrons. The van der Waals surface area contributed by atoms with Crippen molar-refractivity contribution in [3.8, 4) is 0 Å². The average Bonchev–Trinajstić information content (AvgIpc) is 3.32. The molecular formula is C42H74NO4+. The molecule has 1 heterocycles. The van der Waals surface area contributed by atoms with Crippen LogP contribution in [0.5, 0.6) is 0 Å². The minimum atomic E-state index is -0.343. The van der Waals surface area contributed by atoms with Gasteiger partial charge in [-0.25, -0.2) is 0 Å². The van der Waals surface area contributed by atoms with E-state index in [0.717, 1.165) is 64.2 Å². The molecule has 0 aromatic rings. The van der Waals surface area contributed by atoms with Gasteiger partial charge in [0.1, 0.15) is 13.1 Å². The summed E-state index contributed by atoms with van der Waals surface area (Å²) in [6.07, 6.45) is 44.1. The van der Waals surface area contributed by atoms with Crippen molar-refractivity contribution < 1.29 is 23.5 Å². The van der Waals surface area contributed by atoms with E-state index >= 15 is 0 Å². The first-order valence-electron chi connectivity index (χ1n) is 19.7. The van der Waals surface area contributed by atoms with Crippen LogP contribution in [0.25, 0.3) is 0 Å². The average molecular weight is 657 g/mol. The number of allylic oxidation sites excluding steroid dienone is 8. The van der Waals surface area contributed by atoms with Crippen LogP contribution < -0.4 is 0 Å². The van der Waals surface area contributed by atoms with Gasteiger partial charge in [0.05, 0.1) is 14.1 Å². The molecule has 0 unspecified atom stereocenters. The lowest BCUT2D eigenvalue weighted by Crippen LogP contribution is -2.38. The predicted octanol–water partition coefficient (Wildman–Crippen LogP) is 11.5. The standard InChI is InChI=1S/C42H74NO4/c1-5-7-9-11-13-15-17-19-21-23-25-27-29-31-33-35-41(44)46-39-37-43(3,4)38-40(39)47-42(45)36-34-32-30-28-26-24-22-20-18-16-14-12-10-8-6-2/h13-16,19-22,39-40H,5-12,17-18,23-38H2,1-4H3/q+1/b15-13-,16-14-,21-19-,22-20-/t39-,40-/m1/s1. The molecule has 1 rings (SSSR count). The number of esters is 2. The molecule has 0 bridgehead atoms. The fraction of sp³-hybridized carbons (Fsp3) is 0.762. The second kappa shape index (κ2) is 30.0. The zero-order chi connectivity index (χ0) is 34.3. The first kappa shape index (κ1) is 42.9. The van der Waals surface area contributed by atoms with Crippen LogP contribution in [0.1, 0.15) is 168 Å². The number of likely N-dealkylation sites (tertiary alicyclic amines) is 1. The molecule has 1 aliphatic rings. The van der Waals surface area contributed by atoms with Gasteiger partial charge in [-0.3, -0.25) is 9.59 Å². The van der Waals surface area contributed by atoms with Crippen LogP contribution in [-0.2, 0) is 19.1 Å². The molecule has 1 fully saturated rings. The third-order valence-corrected chi connectivity index (χ3v) is 8.99. The SMILES string of the molecule is CCCCC/C=C\C/C=C\CCCCCCCC(=O)O[C@@H]1C[N+](C)(C)C[C@H]1OC(=O)CCCCCCC/C=C\C/C=C\CCCCC. The second-order valence-corrected chi connectivity index (χ2v) is 14.3. The molecular weight excluding hydrogens is 582 g/mol. The molecule has 0 saturated carbocycles. The van der Waals surface area contributed by atoms with Crippen LogP contribution >= 0.6 is 0 Å². The summed E-state index contributed by atoms with van der Waals surface area (Å²) in [6.45, 7) is 5.87. The van der Waals surface area contributed by atoms with Crippen LogP contribution in [0.15, 0.2) is 48.6 Å². The van der Waals surface area contributed by atoms with Gasteiger partial charge >= 0.3 is 11.9 Å². The number of unbranched alkanes of at least 4 members (excludes halogenated alkanes) is 16. The molecule has 0 spiro atoms. The van der Waals surface area contributed by atoms with E-state index < -0.39 is 0 Å². The van der Waals surface area contributed by atoms with E-state index in [1.165, 1.54) is 77.0 Å². The molecule has 270 valence electrons. The maximum absolute atomic E-state index is 12.6. The quantitative estimate of drug-likeness (QED) is 0.0334. The zero-order valence-electron chi connectivity index (χ0n) is 31.2. The minimum absolute atomic E-state index is 0.155. The number of quaternary nitrogens is 1. The first-order chi connectivity index (χ1) is 22.9. The zero-order valence-corrected chi connectivity index (χ0v) is 31.2. The highest BCUT2D eigenvalue weighted by Gasteiger charge is 2.45. The van der Waals surface area contributed by atoms with Crippen molar-refractivity contribution in [3.63, 3.8) is 0 Å². The number of hydrogen-bond donors (Lipinski definition) is 0. The van der Waals surface area contributed by atoms with E-state index in [1.54, 1.807) is 0 Å². The second-order valence-electron chi connectivity index (χ2n) is 14.3. The minimum Gasteiger partial charge on any atom is -0.452 e. The monoisotopic (exact) mass is 657 g/mol. The third kappa shape index (κ3) is 26.5. The molecule has 47 heavy (non-hydrogen) atoms. The van der Waals surface area contributed by atoms with E-state index in [0.29, 0.717) is 30.4 Å². The predicted molar refractivity (Wildman–Crippen MR) is 200 cm³/mol. The smallest absolute Gasteiger partial charge is 0.306 e. The van der Waals surface area contributed by atoms with Crippen LogP contribution in [-0.4, -0.2) is 55.8 Å². The lowest BCUT2D eigenvalue weighted by atomic mass is 10.1. The van der Waals surface area contributed by atoms with E-state index in [1.807, 2.05) is 0 Å². The molecule has 1 saturated heterocycles. The molecule has 0 aliphatic carbocycles. The maximum Gasteiger partial charge on any atom is 0.306 e. The Hall–Kier alpha value is -2.14. The van der Waals surface area contributed by atoms with Crippen molar-refractivity contribution in [2.45, 2.75) is 180 Å². The molecule has 0 aromatic heterocycles. The van der Waals surface area contributed by atoms with Gasteiger partial charge in [0, 0.05) is 12.8 Å². The van der Waals surface area contributed by atoms with Gasteiger partial charge in [0.25, 0.3) is 0 Å². The summed E-state index contributed by atoms with van der Waals surface area (Å²) in [4.78, 5) is 25.2. The molecule has 2 atom stereocenters. The summed E-state index contributed by atoms with van der Waals surface area (Å²) in [5.74, 6) is -0.310. The van der Waals surface area contributed by atoms with Crippen molar-refractivity contribution in [2.75, 3.05) is 27.2 Å². The Morgan fingerprint density at radius 1 is 0.489 bits per heavy atom. The number of hydrogen-bond acceptors (Lipinski definition) is 4. The Morgan fingerprint density at radius 3 is 1.17 bits per heavy atom. The van der Waals surface area contributed by atoms with Gasteiger partial charge in [-0.2, -0.15) is 0 Å². The van der Waals surface area contributed by atoms with E-state index in [9.17, 15) is 9.59 Å². The summed E-state index contributed by atoms with van der Waals surface area (Å²) in [6, 6.07) is 0. The van der Waals surface area contributed by atoms with E-state index in [-0.39, 0.29) is 24.1 Å². The van der Waals surface area contributed by atoms with Crippen molar-refractivity contribution in [3.05, 3.63) is 48.6 Å². The highest BCUT2D eigenvalue weighted by molar-refractivity contribution is 5.70. The summed E-state index contributed by atoms with van der Waals surface area (Å²) in [5, 5.41) is 0. The fourth-order valence-electron chi connectivity index (χ4n) is 6.13. The Balaban J connectivity index is 2.10. The fourth-order valence-corrected chi connectivity index (χ4v) is 6.13. The van der Waals surface area contributed by atoms with Gasteiger partial charge in [-0.05, 0) is 77.0 Å². The molecule has 0 N–H and O–H groups in total. The highest BCUT2D eigenvalue weighted by atomic mass is 16.6. The Bertz CT molecular complexity index is 817. The van der Waals surface area contributed by atoms with Gasteiger partial charge < -0.3 is 14.0 Å². The van der Waals surface area contributed by atoms with E-state index in [2.05, 4.69) is 76.6 Å². The Morgan fingerprint density at radius 2 is 0.809 bits per heavy atom. The molecule has 1 aliphatic heterocycles. The lowest BCUT2D eigenvalue weighted by Gasteiger charge is -2.22. The van der Waals surface area contributed by atoms with Crippen LogP contribution in [0.2, 0.25) is 0 Å². The first-order valence-corrected chi connectivity index (χ1v) is 19.7. The topological polar surface area (TPSA) is 52.6 Å². The number of carbonyl (C=O) groups is 2. The summed E-state index contributed by atoms with van der Waals surface area (Å²) < 4.78 is 12.4. The molecule has 5 nitrogen and oxygen atoms in total. The van der Waals surface area contributed by atoms with Crippen molar-refractivity contribution >= 4 is 11.9 Å². The Labute approximate surface area is 290 Å². The van der Waals surface area contributed by atoms with Crippen molar-refractivity contribution in [2.24, 2.45) is 0 Å². The largest absolute Gasteiger partial charge is 0.452 e. The normalized spacial score (nSPS) is 18.0. The molecule has 0 amide bonds. The van der Waals surface area contributed by atoms with Crippen LogP contribution in [0.4, 0.5) is 0 Å². The lowest BCUT2D eigenvalue weighted by molar-refractivity contribution is -0.880. The summed E-state index contributed by atoms with van der Waals surface area (Å²) >= 11 is 0. The highest BCUT2D eigenvalue weighted by Crippen LogP contribution is 2.23. The van der Waals surface area contributed by atoms with E-state index in [4.69, 9.17) is 9.47 Å². The number of ether oxygens (including phenoxy) is 2. The van der Waals surface area contributed by atoms with Crippen molar-refractivity contribution in [1.82, 2.24) is 0 Å². The molecule has 5 heteroatoms. The maximum atomic E-state index is 12.6. The Kier molecular flexibility index (Phi) is 27.3. The van der Waals surface area contributed by atoms with Gasteiger partial charge in [-0.15, -0.1) is 0 Å². The number of nitrogens with zero attached hydrogens (tertiary/aromatic N) is 1. The van der Waals surface area contributed by atoms with Gasteiger partial charge in [-0.1, -0.05) is 127 Å². The van der Waals surface area contributed by atoms with Crippen molar-refractivity contribution in [1.29, 1.82) is 0 Å². The number of carbonyl (C=O) groups excluding carboxylic acids is 2. The van der Waals surface area contributed by atoms with Crippen LogP contribution in [0, 0.1) is 0 Å². The van der Waals surface area contributed by atoms with Crippen LogP contribution in [0.3, 0.4) is 0 Å². The number of rotatable bonds is 30. The third-order valence-electron chi connectivity index (χ3n) is 8.99. The van der Waals surface area contributed by atoms with Gasteiger partial charge in [0.15, 0.2) is 12.2 Å². The van der Waals surface area contributed by atoms with Gasteiger partial charge in [0.2, 0.25) is 0 Å². The summed E-state index contributed by atoms with van der Waals surface area (Å²) in [7, 11) is 4.21. The summed E-state index contributed by atoms with van der Waals surface area (Å²) in [5.41, 5.74) is 0. The number of likely N-dealkylation sites (N-methyl/N-ethyl adjacent to an activating group) is 1.